The first-order valence-corrected chi connectivity index (χ1v) is 3.82. The van der Waals surface area contributed by atoms with E-state index in [4.69, 9.17) is 0 Å². The van der Waals surface area contributed by atoms with Gasteiger partial charge in [0.05, 0.1) is 0 Å². The molecule has 0 saturated heterocycles. The van der Waals surface area contributed by atoms with E-state index >= 15 is 0 Å². The van der Waals surface area contributed by atoms with Crippen LogP contribution in [0.1, 0.15) is 0 Å². The van der Waals surface area contributed by atoms with Crippen molar-refractivity contribution in [1.29, 1.82) is 0 Å². The Morgan fingerprint density at radius 2 is 1.73 bits per heavy atom. The van der Waals surface area contributed by atoms with E-state index in [-0.39, 0.29) is 0 Å². The third-order valence-electron chi connectivity index (χ3n) is 1.44. The highest BCUT2D eigenvalue weighted by Crippen LogP contribution is 2.17. The van der Waals surface area contributed by atoms with E-state index in [1.165, 1.54) is 0 Å². The Kier molecular flexibility index (Phi) is 3.17. The smallest absolute Gasteiger partial charge is 0.327 e. The minimum atomic E-state index is -1.12. The maximum Gasteiger partial charge on any atom is 0.327 e. The molecule has 1 aromatic rings. The Balaban J connectivity index is 2.80. The van der Waals surface area contributed by atoms with Crippen molar-refractivity contribution in [3.8, 4) is 0 Å². The first-order valence-electron chi connectivity index (χ1n) is 3.82. The molecule has 0 spiro atoms. The number of imide groups is 1. The van der Waals surface area contributed by atoms with E-state index in [1.54, 1.807) is 5.32 Å². The highest BCUT2D eigenvalue weighted by molar-refractivity contribution is 6.00. The molecule has 0 fully saturated rings. The third kappa shape index (κ3) is 2.90. The van der Waals surface area contributed by atoms with Crippen molar-refractivity contribution in [2.24, 2.45) is 5.73 Å². The van der Waals surface area contributed by atoms with Crippen LogP contribution in [0.5, 0.6) is 0 Å². The van der Waals surface area contributed by atoms with E-state index in [9.17, 15) is 18.4 Å². The number of nitrogens with two attached hydrogens (primary N) is 1. The zero-order valence-electron chi connectivity index (χ0n) is 7.38. The molecule has 7 heteroatoms. The van der Waals surface area contributed by atoms with Crippen LogP contribution in [-0.2, 0) is 0 Å². The number of hydrogen-bond acceptors (Lipinski definition) is 2. The summed E-state index contributed by atoms with van der Waals surface area (Å²) in [5.41, 5.74) is 3.98. The lowest BCUT2D eigenvalue weighted by atomic mass is 10.3. The summed E-state index contributed by atoms with van der Waals surface area (Å²) in [5.74, 6) is -1.90. The number of amides is 4. The molecule has 5 nitrogen and oxygen atoms in total. The highest BCUT2D eigenvalue weighted by Gasteiger charge is 2.12. The predicted octanol–water partition coefficient (Wildman–Crippen LogP) is 1.17. The lowest BCUT2D eigenvalue weighted by Gasteiger charge is -2.06. The first-order chi connectivity index (χ1) is 7.00. The molecule has 0 unspecified atom stereocenters. The number of carbonyl (C=O) groups excluding carboxylic acids is 2. The Bertz CT molecular complexity index is 389. The summed E-state index contributed by atoms with van der Waals surface area (Å²) in [6.45, 7) is 0. The molecule has 4 amide bonds. The molecule has 1 rings (SSSR count). The van der Waals surface area contributed by atoms with Gasteiger partial charge in [0.1, 0.15) is 17.3 Å². The summed E-state index contributed by atoms with van der Waals surface area (Å²) in [5, 5.41) is 3.41. The lowest BCUT2D eigenvalue weighted by Crippen LogP contribution is -2.38. The molecule has 80 valence electrons. The van der Waals surface area contributed by atoms with E-state index in [2.05, 4.69) is 5.73 Å². The average Bonchev–Trinajstić information content (AvgIpc) is 2.10. The van der Waals surface area contributed by atoms with Gasteiger partial charge in [-0.1, -0.05) is 6.07 Å². The second-order valence-corrected chi connectivity index (χ2v) is 2.54. The van der Waals surface area contributed by atoms with Crippen molar-refractivity contribution >= 4 is 17.7 Å². The van der Waals surface area contributed by atoms with E-state index in [0.29, 0.717) is 0 Å². The van der Waals surface area contributed by atoms with E-state index in [0.717, 1.165) is 18.2 Å². The van der Waals surface area contributed by atoms with Crippen LogP contribution >= 0.6 is 0 Å². The number of rotatable bonds is 1. The predicted molar refractivity (Wildman–Crippen MR) is 48.1 cm³/mol. The number of anilines is 1. The molecule has 0 aliphatic rings. The van der Waals surface area contributed by atoms with Gasteiger partial charge in [-0.05, 0) is 12.1 Å². The molecule has 15 heavy (non-hydrogen) atoms. The van der Waals surface area contributed by atoms with E-state index in [1.807, 2.05) is 5.32 Å². The molecule has 0 saturated carbocycles. The maximum absolute atomic E-state index is 12.9. The summed E-state index contributed by atoms with van der Waals surface area (Å²) in [6.07, 6.45) is 0. The Labute approximate surface area is 83.3 Å². The van der Waals surface area contributed by atoms with Crippen molar-refractivity contribution in [3.63, 3.8) is 0 Å². The van der Waals surface area contributed by atoms with Crippen LogP contribution in [0, 0.1) is 11.6 Å². The largest absolute Gasteiger partial charge is 0.351 e. The summed E-state index contributed by atoms with van der Waals surface area (Å²) >= 11 is 0. The molecule has 0 heterocycles. The SMILES string of the molecule is NC(=O)NC(=O)Nc1c(F)cccc1F. The highest BCUT2D eigenvalue weighted by atomic mass is 19.1. The molecule has 0 atom stereocenters. The van der Waals surface area contributed by atoms with Crippen LogP contribution in [0.2, 0.25) is 0 Å². The average molecular weight is 215 g/mol. The number of nitrogens with one attached hydrogen (secondary N) is 2. The minimum Gasteiger partial charge on any atom is -0.351 e. The minimum absolute atomic E-state index is 0.642. The number of carbonyl (C=O) groups is 2. The van der Waals surface area contributed by atoms with Gasteiger partial charge in [-0.25, -0.2) is 18.4 Å². The summed E-state index contributed by atoms with van der Waals surface area (Å²) < 4.78 is 25.9. The van der Waals surface area contributed by atoms with Crippen molar-refractivity contribution in [2.75, 3.05) is 5.32 Å². The summed E-state index contributed by atoms with van der Waals surface area (Å²) in [4.78, 5) is 21.1. The molecule has 4 N–H and O–H groups in total. The van der Waals surface area contributed by atoms with Crippen molar-refractivity contribution < 1.29 is 18.4 Å². The molecule has 0 aromatic heterocycles. The van der Waals surface area contributed by atoms with Crippen LogP contribution in [-0.4, -0.2) is 12.1 Å². The van der Waals surface area contributed by atoms with Crippen LogP contribution in [0.15, 0.2) is 18.2 Å². The van der Waals surface area contributed by atoms with Crippen LogP contribution < -0.4 is 16.4 Å². The van der Waals surface area contributed by atoms with Crippen molar-refractivity contribution in [1.82, 2.24) is 5.32 Å². The Morgan fingerprint density at radius 3 is 2.20 bits per heavy atom. The van der Waals surface area contributed by atoms with Crippen molar-refractivity contribution in [3.05, 3.63) is 29.8 Å². The van der Waals surface area contributed by atoms with Gasteiger partial charge in [-0.2, -0.15) is 0 Å². The van der Waals surface area contributed by atoms with Gasteiger partial charge in [0.2, 0.25) is 0 Å². The van der Waals surface area contributed by atoms with Gasteiger partial charge in [0.25, 0.3) is 0 Å². The van der Waals surface area contributed by atoms with Gasteiger partial charge in [0.15, 0.2) is 0 Å². The maximum atomic E-state index is 12.9. The molecular formula is C8H7F2N3O2. The van der Waals surface area contributed by atoms with Crippen molar-refractivity contribution in [2.45, 2.75) is 0 Å². The molecule has 0 bridgehead atoms. The van der Waals surface area contributed by atoms with Gasteiger partial charge in [-0.3, -0.25) is 5.32 Å². The number of halogens is 2. The number of benzene rings is 1. The normalized spacial score (nSPS) is 9.47. The van der Waals surface area contributed by atoms with Crippen LogP contribution in [0.3, 0.4) is 0 Å². The summed E-state index contributed by atoms with van der Waals surface area (Å²) in [7, 11) is 0. The van der Waals surface area contributed by atoms with Crippen LogP contribution in [0.25, 0.3) is 0 Å². The van der Waals surface area contributed by atoms with Gasteiger partial charge >= 0.3 is 12.1 Å². The number of urea groups is 2. The third-order valence-corrected chi connectivity index (χ3v) is 1.44. The molecule has 0 aliphatic carbocycles. The zero-order valence-corrected chi connectivity index (χ0v) is 7.38. The number of primary amides is 1. The second-order valence-electron chi connectivity index (χ2n) is 2.54. The van der Waals surface area contributed by atoms with Gasteiger partial charge in [-0.15, -0.1) is 0 Å². The fourth-order valence-electron chi connectivity index (χ4n) is 0.874. The molecule has 1 aromatic carbocycles. The lowest BCUT2D eigenvalue weighted by molar-refractivity contribution is 0.238. The molecular weight excluding hydrogens is 208 g/mol. The summed E-state index contributed by atoms with van der Waals surface area (Å²) in [6, 6.07) is 0.837. The quantitative estimate of drug-likeness (QED) is 0.656. The Hall–Kier alpha value is -2.18. The van der Waals surface area contributed by atoms with Gasteiger partial charge < -0.3 is 11.1 Å². The Morgan fingerprint density at radius 1 is 1.20 bits per heavy atom. The monoisotopic (exact) mass is 215 g/mol. The molecule has 0 radical (unpaired) electrons. The molecule has 0 aliphatic heterocycles. The standard InChI is InChI=1S/C8H7F2N3O2/c9-4-2-1-3-5(10)6(4)12-8(15)13-7(11)14/h1-3H,(H4,11,12,13,14,15). The zero-order chi connectivity index (χ0) is 11.4. The number of hydrogen-bond donors (Lipinski definition) is 3. The second kappa shape index (κ2) is 4.36. The fraction of sp³-hybridized carbons (Fsp3) is 0. The number of para-hydroxylation sites is 1. The van der Waals surface area contributed by atoms with E-state index < -0.39 is 29.4 Å². The first kappa shape index (κ1) is 10.9. The van der Waals surface area contributed by atoms with Crippen LogP contribution in [0.4, 0.5) is 24.1 Å². The fourth-order valence-corrected chi connectivity index (χ4v) is 0.874. The topological polar surface area (TPSA) is 84.2 Å². The van der Waals surface area contributed by atoms with Gasteiger partial charge in [0, 0.05) is 0 Å².